The molecule has 1 aromatic carbocycles. The molecular weight excluding hydrogens is 522 g/mol. The summed E-state index contributed by atoms with van der Waals surface area (Å²) < 4.78 is 0. The van der Waals surface area contributed by atoms with E-state index in [1.165, 1.54) is 11.2 Å². The van der Waals surface area contributed by atoms with Crippen LogP contribution in [0, 0.1) is 11.8 Å². The van der Waals surface area contributed by atoms with Gasteiger partial charge in [0.15, 0.2) is 11.4 Å². The lowest BCUT2D eigenvalue weighted by molar-refractivity contribution is -0.153. The number of ketones is 2. The van der Waals surface area contributed by atoms with Gasteiger partial charge in [-0.25, -0.2) is 0 Å². The van der Waals surface area contributed by atoms with E-state index in [0.717, 1.165) is 0 Å². The third-order valence-electron chi connectivity index (χ3n) is 8.30. The Morgan fingerprint density at radius 3 is 2.50 bits per heavy atom. The third kappa shape index (κ3) is 3.88. The second-order valence-corrected chi connectivity index (χ2v) is 11.0. The van der Waals surface area contributed by atoms with Crippen LogP contribution in [-0.2, 0) is 32.2 Å². The number of benzene rings is 1. The average Bonchev–Trinajstić information content (AvgIpc) is 3.39. The molecule has 1 saturated carbocycles. The molecule has 3 aliphatic carbocycles. The number of aliphatic hydroxyl groups excluding tert-OH is 2. The van der Waals surface area contributed by atoms with Crippen LogP contribution in [0.3, 0.4) is 0 Å². The lowest BCUT2D eigenvalue weighted by Gasteiger charge is -2.50. The zero-order valence-electron chi connectivity index (χ0n) is 22.6. The predicted molar refractivity (Wildman–Crippen MR) is 143 cm³/mol. The van der Waals surface area contributed by atoms with Crippen molar-refractivity contribution in [2.75, 3.05) is 33.1 Å². The summed E-state index contributed by atoms with van der Waals surface area (Å²) in [5, 5.41) is 48.7. The molecule has 0 aromatic heterocycles. The monoisotopic (exact) mass is 555 g/mol. The van der Waals surface area contributed by atoms with Gasteiger partial charge in [-0.15, -0.1) is 5.48 Å². The van der Waals surface area contributed by atoms with Crippen LogP contribution in [0.2, 0.25) is 0 Å². The normalized spacial score (nSPS) is 29.4. The fourth-order valence-corrected chi connectivity index (χ4v) is 6.48. The van der Waals surface area contributed by atoms with Gasteiger partial charge in [0, 0.05) is 43.4 Å². The summed E-state index contributed by atoms with van der Waals surface area (Å²) in [5.41, 5.74) is 6.18. The van der Waals surface area contributed by atoms with Crippen LogP contribution in [0.15, 0.2) is 35.3 Å². The van der Waals surface area contributed by atoms with Gasteiger partial charge in [0.05, 0.1) is 11.6 Å². The Kier molecular flexibility index (Phi) is 6.65. The zero-order valence-corrected chi connectivity index (χ0v) is 22.6. The zero-order chi connectivity index (χ0) is 29.3. The first kappa shape index (κ1) is 27.6. The molecule has 13 nitrogen and oxygen atoms in total. The van der Waals surface area contributed by atoms with Crippen molar-refractivity contribution in [3.05, 3.63) is 52.0 Å². The van der Waals surface area contributed by atoms with Gasteiger partial charge in [0.25, 0.3) is 5.91 Å². The number of aliphatic hydroxyl groups is 3. The lowest BCUT2D eigenvalue weighted by atomic mass is 9.57. The van der Waals surface area contributed by atoms with E-state index in [-0.39, 0.29) is 42.4 Å². The molecule has 5 atom stereocenters. The summed E-state index contributed by atoms with van der Waals surface area (Å²) in [6.45, 7) is 0.176. The molecular formula is C27H33N5O8. The molecule has 214 valence electrons. The highest BCUT2D eigenvalue weighted by Crippen LogP contribution is 2.54. The van der Waals surface area contributed by atoms with Gasteiger partial charge in [-0.05, 0) is 50.6 Å². The maximum absolute atomic E-state index is 14.0. The molecule has 0 radical (unpaired) electrons. The van der Waals surface area contributed by atoms with Crippen LogP contribution in [-0.4, -0.2) is 88.8 Å². The summed E-state index contributed by atoms with van der Waals surface area (Å²) in [5.74, 6) is -6.75. The Balaban J connectivity index is 1.67. The fraction of sp³-hybridized carbons (Fsp3) is 0.444. The minimum atomic E-state index is -2.68. The lowest BCUT2D eigenvalue weighted by Crippen LogP contribution is -2.65. The van der Waals surface area contributed by atoms with Crippen LogP contribution in [0.4, 0.5) is 5.69 Å². The quantitative estimate of drug-likeness (QED) is 0.222. The van der Waals surface area contributed by atoms with E-state index in [2.05, 4.69) is 10.8 Å². The van der Waals surface area contributed by atoms with Crippen molar-refractivity contribution in [2.45, 2.75) is 37.2 Å². The van der Waals surface area contributed by atoms with E-state index in [1.54, 1.807) is 26.2 Å². The summed E-state index contributed by atoms with van der Waals surface area (Å²) in [6.07, 6.45) is 3.15. The summed E-state index contributed by atoms with van der Waals surface area (Å²) >= 11 is 0. The Morgan fingerprint density at radius 1 is 1.23 bits per heavy atom. The number of fused-ring (bicyclic) bond motifs is 3. The highest BCUT2D eigenvalue weighted by Gasteiger charge is 2.64. The number of primary amides is 1. The van der Waals surface area contributed by atoms with Crippen molar-refractivity contribution in [1.82, 2.24) is 15.7 Å². The molecule has 0 bridgehead atoms. The SMILES string of the molecule is CN(C)c1cc(CNC2C=CON2)c(O)c2c1C[C@H]1C[C@H]3[C@@H](N(C)C)C(=O)C(C(N)=O)=C(O)[C@@]3(O)C(=O)C1=C2O. The number of Topliss-reactive ketones (excluding diaryl/α,β-unsaturated/α-hetero) is 2. The van der Waals surface area contributed by atoms with Crippen LogP contribution in [0.25, 0.3) is 5.76 Å². The minimum absolute atomic E-state index is 0.0301. The van der Waals surface area contributed by atoms with E-state index >= 15 is 0 Å². The smallest absolute Gasteiger partial charge is 0.255 e. The predicted octanol–water partition coefficient (Wildman–Crippen LogP) is -0.506. The van der Waals surface area contributed by atoms with Gasteiger partial charge < -0.3 is 35.9 Å². The van der Waals surface area contributed by atoms with Crippen LogP contribution < -0.4 is 21.4 Å². The van der Waals surface area contributed by atoms with Gasteiger partial charge in [-0.3, -0.25) is 24.6 Å². The van der Waals surface area contributed by atoms with Gasteiger partial charge >= 0.3 is 0 Å². The molecule has 1 fully saturated rings. The molecule has 13 heteroatoms. The number of rotatable bonds is 6. The van der Waals surface area contributed by atoms with Crippen molar-refractivity contribution in [2.24, 2.45) is 17.6 Å². The molecule has 1 unspecified atom stereocenters. The molecule has 8 N–H and O–H groups in total. The Morgan fingerprint density at radius 2 is 1.93 bits per heavy atom. The molecule has 4 aliphatic rings. The molecule has 0 spiro atoms. The number of anilines is 1. The highest BCUT2D eigenvalue weighted by molar-refractivity contribution is 6.24. The summed E-state index contributed by atoms with van der Waals surface area (Å²) in [4.78, 5) is 47.7. The van der Waals surface area contributed by atoms with E-state index in [0.29, 0.717) is 16.8 Å². The third-order valence-corrected chi connectivity index (χ3v) is 8.30. The highest BCUT2D eigenvalue weighted by atomic mass is 16.6. The maximum Gasteiger partial charge on any atom is 0.255 e. The molecule has 1 aromatic rings. The largest absolute Gasteiger partial charge is 0.508 e. The van der Waals surface area contributed by atoms with Crippen LogP contribution in [0.1, 0.15) is 23.1 Å². The number of hydrogen-bond donors (Lipinski definition) is 7. The van der Waals surface area contributed by atoms with E-state index in [1.807, 2.05) is 19.0 Å². The van der Waals surface area contributed by atoms with E-state index < -0.39 is 58.0 Å². The summed E-state index contributed by atoms with van der Waals surface area (Å²) in [6, 6.07) is 0.662. The number of phenolic OH excluding ortho intramolecular Hbond substituents is 1. The number of amides is 1. The molecule has 5 rings (SSSR count). The summed E-state index contributed by atoms with van der Waals surface area (Å²) in [7, 11) is 6.76. The number of nitrogens with zero attached hydrogens (tertiary/aromatic N) is 2. The average molecular weight is 556 g/mol. The van der Waals surface area contributed by atoms with Crippen molar-refractivity contribution in [1.29, 1.82) is 0 Å². The number of likely N-dealkylation sites (N-methyl/N-ethyl adjacent to an activating group) is 1. The molecule has 1 amide bonds. The number of nitrogens with one attached hydrogen (secondary N) is 2. The first-order valence-corrected chi connectivity index (χ1v) is 12.8. The number of hydrogen-bond acceptors (Lipinski definition) is 12. The number of aromatic hydroxyl groups is 1. The van der Waals surface area contributed by atoms with Crippen LogP contribution >= 0.6 is 0 Å². The van der Waals surface area contributed by atoms with Crippen molar-refractivity contribution < 1.29 is 39.6 Å². The first-order valence-electron chi connectivity index (χ1n) is 12.8. The molecule has 1 heterocycles. The van der Waals surface area contributed by atoms with Gasteiger partial charge in [0.1, 0.15) is 35.3 Å². The van der Waals surface area contributed by atoms with E-state index in [4.69, 9.17) is 10.6 Å². The van der Waals surface area contributed by atoms with Crippen molar-refractivity contribution >= 4 is 28.9 Å². The van der Waals surface area contributed by atoms with Crippen molar-refractivity contribution in [3.8, 4) is 5.75 Å². The second kappa shape index (κ2) is 9.63. The Hall–Kier alpha value is -3.91. The molecule has 40 heavy (non-hydrogen) atoms. The molecule has 1 aliphatic heterocycles. The molecule has 0 saturated heterocycles. The van der Waals surface area contributed by atoms with Gasteiger partial charge in [-0.2, -0.15) is 0 Å². The number of nitrogens with two attached hydrogens (primary N) is 1. The Bertz CT molecular complexity index is 1410. The fourth-order valence-electron chi connectivity index (χ4n) is 6.48. The van der Waals surface area contributed by atoms with E-state index in [9.17, 15) is 34.8 Å². The number of hydroxylamine groups is 1. The maximum atomic E-state index is 14.0. The topological polar surface area (TPSA) is 198 Å². The van der Waals surface area contributed by atoms with Crippen LogP contribution in [0.5, 0.6) is 5.75 Å². The minimum Gasteiger partial charge on any atom is -0.508 e. The number of phenols is 1. The standard InChI is InChI=1S/C27H33N5O8/c1-31(2)15-9-12(10-29-16-5-6-40-30-16)21(33)18-13(15)7-11-8-14-20(32(3)4)23(35)19(26(28)38)25(37)27(14,39)24(36)17(11)22(18)34/h5-6,9,11,14,16,20,29-30,33-34,37,39H,7-8,10H2,1-4H3,(H2,28,38)/t11-,14-,16?,20+,27-/m0/s1. The number of carbonyl (C=O) groups is 3. The first-order chi connectivity index (χ1) is 18.8. The van der Waals surface area contributed by atoms with Gasteiger partial charge in [-0.1, -0.05) is 0 Å². The van der Waals surface area contributed by atoms with Crippen molar-refractivity contribution in [3.63, 3.8) is 0 Å². The second-order valence-electron chi connectivity index (χ2n) is 11.0. The Labute approximate surface area is 230 Å². The number of carbonyl (C=O) groups excluding carboxylic acids is 3. The van der Waals surface area contributed by atoms with Gasteiger partial charge in [0.2, 0.25) is 5.78 Å².